The molecule has 2 nitrogen and oxygen atoms in total. The Bertz CT molecular complexity index is 458. The second-order valence-electron chi connectivity index (χ2n) is 3.82. The first-order valence-corrected chi connectivity index (χ1v) is 5.65. The maximum Gasteiger partial charge on any atom is 0.161 e. The van der Waals surface area contributed by atoms with Crippen molar-refractivity contribution in [1.82, 2.24) is 0 Å². The summed E-state index contributed by atoms with van der Waals surface area (Å²) in [6.45, 7) is 0. The topological polar surface area (TPSA) is 52.0 Å². The van der Waals surface area contributed by atoms with Gasteiger partial charge in [-0.1, -0.05) is 41.4 Å². The van der Waals surface area contributed by atoms with Gasteiger partial charge in [0.2, 0.25) is 0 Å². The molecule has 4 N–H and O–H groups in total. The zero-order valence-corrected chi connectivity index (χ0v) is 10.1. The molecule has 0 aromatic heterocycles. The predicted molar refractivity (Wildman–Crippen MR) is 70.2 cm³/mol. The van der Waals surface area contributed by atoms with Crippen LogP contribution in [-0.4, -0.2) is 4.33 Å². The quantitative estimate of drug-likeness (QED) is 0.598. The Morgan fingerprint density at radius 1 is 1.00 bits per heavy atom. The molecule has 1 aromatic carbocycles. The summed E-state index contributed by atoms with van der Waals surface area (Å²) in [7, 11) is 0. The molecular weight excluding hydrogens is 243 g/mol. The molecule has 1 aliphatic carbocycles. The van der Waals surface area contributed by atoms with Gasteiger partial charge in [0.1, 0.15) is 0 Å². The molecule has 0 saturated heterocycles. The molecule has 0 aliphatic heterocycles. The van der Waals surface area contributed by atoms with Crippen LogP contribution in [0.1, 0.15) is 12.0 Å². The summed E-state index contributed by atoms with van der Waals surface area (Å²) in [4.78, 5) is 0. The van der Waals surface area contributed by atoms with Crippen LogP contribution in [0.25, 0.3) is 5.57 Å². The number of hydrogen-bond acceptors (Lipinski definition) is 2. The van der Waals surface area contributed by atoms with Gasteiger partial charge in [-0.05, 0) is 29.3 Å². The van der Waals surface area contributed by atoms with E-state index in [1.165, 1.54) is 0 Å². The van der Waals surface area contributed by atoms with Crippen molar-refractivity contribution in [2.45, 2.75) is 10.8 Å². The summed E-state index contributed by atoms with van der Waals surface area (Å²) in [6.07, 6.45) is 4.18. The Balaban J connectivity index is 2.34. The van der Waals surface area contributed by atoms with Gasteiger partial charge in [0.25, 0.3) is 0 Å². The highest BCUT2D eigenvalue weighted by molar-refractivity contribution is 6.51. The Hall–Kier alpha value is -1.12. The standard InChI is InChI=1S/C12H12Cl2N2/c13-12(14)7-9(3-6-11(12)16)8-1-4-10(15)5-2-8/h1-6H,7,15-16H2. The summed E-state index contributed by atoms with van der Waals surface area (Å²) in [5.74, 6) is 0. The predicted octanol–water partition coefficient (Wildman–Crippen LogP) is 3.07. The van der Waals surface area contributed by atoms with Crippen molar-refractivity contribution in [3.05, 3.63) is 47.7 Å². The van der Waals surface area contributed by atoms with Crippen LogP contribution in [0.4, 0.5) is 5.69 Å². The van der Waals surface area contributed by atoms with E-state index in [9.17, 15) is 0 Å². The van der Waals surface area contributed by atoms with Crippen molar-refractivity contribution < 1.29 is 0 Å². The molecule has 2 rings (SSSR count). The minimum atomic E-state index is -1.01. The fourth-order valence-electron chi connectivity index (χ4n) is 1.61. The number of hydrogen-bond donors (Lipinski definition) is 2. The zero-order valence-electron chi connectivity index (χ0n) is 8.58. The van der Waals surface area contributed by atoms with E-state index in [-0.39, 0.29) is 0 Å². The molecule has 1 aromatic rings. The molecule has 0 saturated carbocycles. The van der Waals surface area contributed by atoms with Gasteiger partial charge in [0.05, 0.1) is 0 Å². The van der Waals surface area contributed by atoms with Gasteiger partial charge in [0.15, 0.2) is 4.33 Å². The summed E-state index contributed by atoms with van der Waals surface area (Å²) in [5, 5.41) is 0. The molecule has 0 radical (unpaired) electrons. The number of nitrogens with two attached hydrogens (primary N) is 2. The molecular formula is C12H12Cl2N2. The Labute approximate surface area is 105 Å². The molecule has 0 atom stereocenters. The third kappa shape index (κ3) is 2.18. The van der Waals surface area contributed by atoms with E-state index in [4.69, 9.17) is 34.7 Å². The van der Waals surface area contributed by atoms with Crippen LogP contribution in [-0.2, 0) is 0 Å². The zero-order chi connectivity index (χ0) is 11.8. The lowest BCUT2D eigenvalue weighted by Crippen LogP contribution is -2.25. The van der Waals surface area contributed by atoms with Gasteiger partial charge in [-0.2, -0.15) is 0 Å². The fourth-order valence-corrected chi connectivity index (χ4v) is 2.02. The van der Waals surface area contributed by atoms with E-state index in [1.54, 1.807) is 6.08 Å². The average Bonchev–Trinajstić information content (AvgIpc) is 2.23. The van der Waals surface area contributed by atoms with Crippen LogP contribution in [0.2, 0.25) is 0 Å². The van der Waals surface area contributed by atoms with Gasteiger partial charge in [-0.3, -0.25) is 0 Å². The van der Waals surface area contributed by atoms with E-state index < -0.39 is 4.33 Å². The van der Waals surface area contributed by atoms with Crippen molar-refractivity contribution in [1.29, 1.82) is 0 Å². The van der Waals surface area contributed by atoms with Gasteiger partial charge in [-0.25, -0.2) is 0 Å². The third-order valence-corrected chi connectivity index (χ3v) is 3.28. The molecule has 0 fully saturated rings. The van der Waals surface area contributed by atoms with E-state index in [1.807, 2.05) is 30.3 Å². The third-order valence-electron chi connectivity index (χ3n) is 2.58. The lowest BCUT2D eigenvalue weighted by Gasteiger charge is -2.25. The van der Waals surface area contributed by atoms with Crippen LogP contribution in [0.5, 0.6) is 0 Å². The number of halogens is 2. The number of anilines is 1. The molecule has 0 spiro atoms. The van der Waals surface area contributed by atoms with E-state index in [0.717, 1.165) is 16.8 Å². The first-order valence-electron chi connectivity index (χ1n) is 4.89. The fraction of sp³-hybridized carbons (Fsp3) is 0.167. The van der Waals surface area contributed by atoms with E-state index >= 15 is 0 Å². The van der Waals surface area contributed by atoms with Crippen LogP contribution in [0.15, 0.2) is 42.1 Å². The van der Waals surface area contributed by atoms with Crippen molar-refractivity contribution in [3.8, 4) is 0 Å². The minimum Gasteiger partial charge on any atom is -0.400 e. The van der Waals surface area contributed by atoms with Crippen LogP contribution < -0.4 is 11.5 Å². The molecule has 0 amide bonds. The largest absolute Gasteiger partial charge is 0.400 e. The summed E-state index contributed by atoms with van der Waals surface area (Å²) in [6, 6.07) is 7.59. The van der Waals surface area contributed by atoms with Crippen LogP contribution >= 0.6 is 23.2 Å². The monoisotopic (exact) mass is 254 g/mol. The van der Waals surface area contributed by atoms with Crippen LogP contribution in [0, 0.1) is 0 Å². The van der Waals surface area contributed by atoms with Gasteiger partial charge in [0, 0.05) is 17.8 Å². The Morgan fingerprint density at radius 3 is 2.19 bits per heavy atom. The van der Waals surface area contributed by atoms with E-state index in [0.29, 0.717) is 12.1 Å². The lowest BCUT2D eigenvalue weighted by molar-refractivity contribution is 0.892. The lowest BCUT2D eigenvalue weighted by atomic mass is 9.95. The van der Waals surface area contributed by atoms with E-state index in [2.05, 4.69) is 0 Å². The average molecular weight is 255 g/mol. The van der Waals surface area contributed by atoms with Gasteiger partial charge < -0.3 is 11.5 Å². The summed E-state index contributed by atoms with van der Waals surface area (Å²) in [5.41, 5.74) is 14.7. The van der Waals surface area contributed by atoms with Gasteiger partial charge in [-0.15, -0.1) is 0 Å². The van der Waals surface area contributed by atoms with Crippen molar-refractivity contribution in [2.24, 2.45) is 5.73 Å². The molecule has 0 unspecified atom stereocenters. The Kier molecular flexibility index (Phi) is 2.87. The van der Waals surface area contributed by atoms with Crippen molar-refractivity contribution in [2.75, 3.05) is 5.73 Å². The highest BCUT2D eigenvalue weighted by atomic mass is 35.5. The van der Waals surface area contributed by atoms with Crippen molar-refractivity contribution >= 4 is 34.5 Å². The molecule has 4 heteroatoms. The first-order chi connectivity index (χ1) is 7.49. The maximum absolute atomic E-state index is 6.11. The molecule has 84 valence electrons. The molecule has 1 aliphatic rings. The molecule has 0 heterocycles. The minimum absolute atomic E-state index is 0.482. The number of alkyl halides is 2. The highest BCUT2D eigenvalue weighted by Crippen LogP contribution is 2.40. The Morgan fingerprint density at radius 2 is 1.62 bits per heavy atom. The first kappa shape index (κ1) is 11.4. The SMILES string of the molecule is NC1=CC=C(c2ccc(N)cc2)CC1(Cl)Cl. The number of benzene rings is 1. The highest BCUT2D eigenvalue weighted by Gasteiger charge is 2.31. The second-order valence-corrected chi connectivity index (χ2v) is 5.30. The summed E-state index contributed by atoms with van der Waals surface area (Å²) >= 11 is 12.2. The normalized spacial score (nSPS) is 18.9. The number of nitrogen functional groups attached to an aromatic ring is 1. The number of rotatable bonds is 1. The summed E-state index contributed by atoms with van der Waals surface area (Å²) < 4.78 is -1.01. The van der Waals surface area contributed by atoms with Crippen LogP contribution in [0.3, 0.4) is 0 Å². The maximum atomic E-state index is 6.11. The smallest absolute Gasteiger partial charge is 0.161 e. The molecule has 16 heavy (non-hydrogen) atoms. The van der Waals surface area contributed by atoms with Gasteiger partial charge >= 0.3 is 0 Å². The van der Waals surface area contributed by atoms with Crippen molar-refractivity contribution in [3.63, 3.8) is 0 Å². The number of allylic oxidation sites excluding steroid dienone is 4. The molecule has 0 bridgehead atoms. The second kappa shape index (κ2) is 4.04.